The number of alkyl halides is 2. The molecule has 178 valence electrons. The fourth-order valence-corrected chi connectivity index (χ4v) is 4.12. The molecule has 0 saturated carbocycles. The molecule has 1 aliphatic heterocycles. The van der Waals surface area contributed by atoms with Crippen molar-refractivity contribution in [1.29, 1.82) is 0 Å². The lowest BCUT2D eigenvalue weighted by molar-refractivity contribution is 0.0208. The number of aromatic nitrogens is 4. The fraction of sp³-hybridized carbons (Fsp3) is 0.348. The number of anilines is 1. The lowest BCUT2D eigenvalue weighted by Crippen LogP contribution is -2.19. The first kappa shape index (κ1) is 22.1. The fourth-order valence-electron chi connectivity index (χ4n) is 4.12. The maximum absolute atomic E-state index is 13.8. The van der Waals surface area contributed by atoms with Gasteiger partial charge in [-0.05, 0) is 24.3 Å². The van der Waals surface area contributed by atoms with Gasteiger partial charge in [0.1, 0.15) is 22.8 Å². The molecule has 0 spiro atoms. The molecule has 0 aliphatic carbocycles. The Morgan fingerprint density at radius 3 is 2.62 bits per heavy atom. The van der Waals surface area contributed by atoms with Crippen LogP contribution in [-0.2, 0) is 6.54 Å². The van der Waals surface area contributed by atoms with E-state index in [1.54, 1.807) is 38.0 Å². The van der Waals surface area contributed by atoms with Crippen molar-refractivity contribution >= 4 is 22.5 Å². The number of ether oxygens (including phenoxy) is 3. The molecule has 1 atom stereocenters. The lowest BCUT2D eigenvalue weighted by Gasteiger charge is -2.13. The van der Waals surface area contributed by atoms with Crippen molar-refractivity contribution in [1.82, 2.24) is 24.9 Å². The zero-order chi connectivity index (χ0) is 23.9. The number of hydrogen-bond donors (Lipinski definition) is 2. The van der Waals surface area contributed by atoms with Crippen LogP contribution in [0.2, 0.25) is 0 Å². The molecule has 2 aromatic heterocycles. The van der Waals surface area contributed by atoms with E-state index in [1.807, 2.05) is 24.3 Å². The van der Waals surface area contributed by atoms with E-state index < -0.39 is 18.5 Å². The van der Waals surface area contributed by atoms with Crippen LogP contribution in [0.4, 0.5) is 14.7 Å². The van der Waals surface area contributed by atoms with E-state index in [0.29, 0.717) is 52.1 Å². The van der Waals surface area contributed by atoms with Crippen LogP contribution in [0.25, 0.3) is 16.6 Å². The number of nitrogens with one attached hydrogen (secondary N) is 2. The summed E-state index contributed by atoms with van der Waals surface area (Å²) in [5, 5.41) is 11.3. The Hall–Kier alpha value is -3.73. The van der Waals surface area contributed by atoms with Gasteiger partial charge in [0.05, 0.1) is 33.9 Å². The van der Waals surface area contributed by atoms with Gasteiger partial charge in [-0.25, -0.2) is 18.7 Å². The van der Waals surface area contributed by atoms with Crippen LogP contribution < -0.4 is 24.8 Å². The van der Waals surface area contributed by atoms with E-state index in [-0.39, 0.29) is 6.42 Å². The molecule has 2 aromatic carbocycles. The first-order chi connectivity index (χ1) is 16.4. The minimum absolute atomic E-state index is 0.291. The Kier molecular flexibility index (Phi) is 5.56. The molecule has 1 aliphatic rings. The van der Waals surface area contributed by atoms with Crippen molar-refractivity contribution in [2.75, 3.05) is 33.2 Å². The highest BCUT2D eigenvalue weighted by Gasteiger charge is 2.41. The third-order valence-electron chi connectivity index (χ3n) is 5.85. The normalized spacial score (nSPS) is 17.3. The highest BCUT2D eigenvalue weighted by atomic mass is 19.3. The number of methoxy groups -OCH3 is 3. The molecule has 0 unspecified atom stereocenters. The van der Waals surface area contributed by atoms with Crippen LogP contribution in [0, 0.1) is 0 Å². The molecule has 5 rings (SSSR count). The molecule has 4 aromatic rings. The highest BCUT2D eigenvalue weighted by molar-refractivity contribution is 5.96. The van der Waals surface area contributed by atoms with Gasteiger partial charge in [0.25, 0.3) is 5.92 Å². The topological polar surface area (TPSA) is 94.8 Å². The third kappa shape index (κ3) is 3.92. The summed E-state index contributed by atoms with van der Waals surface area (Å²) in [6.45, 7) is -0.0344. The molecule has 1 saturated heterocycles. The second kappa shape index (κ2) is 8.56. The molecule has 34 heavy (non-hydrogen) atoms. The lowest BCUT2D eigenvalue weighted by atomic mass is 10.2. The third-order valence-corrected chi connectivity index (χ3v) is 5.85. The van der Waals surface area contributed by atoms with Crippen molar-refractivity contribution in [2.45, 2.75) is 24.9 Å². The van der Waals surface area contributed by atoms with E-state index >= 15 is 0 Å². The predicted octanol–water partition coefficient (Wildman–Crippen LogP) is 3.59. The molecule has 0 bridgehead atoms. The second-order valence-corrected chi connectivity index (χ2v) is 8.02. The van der Waals surface area contributed by atoms with Gasteiger partial charge in [-0.3, -0.25) is 0 Å². The molecule has 11 heteroatoms. The maximum atomic E-state index is 13.8. The molecule has 0 amide bonds. The van der Waals surface area contributed by atoms with Crippen LogP contribution in [-0.4, -0.2) is 53.4 Å². The Labute approximate surface area is 194 Å². The number of nitrogens with zero attached hydrogens (tertiary/aromatic N) is 4. The summed E-state index contributed by atoms with van der Waals surface area (Å²) in [7, 11) is 4.74. The molecule has 1 fully saturated rings. The van der Waals surface area contributed by atoms with Crippen LogP contribution in [0.3, 0.4) is 0 Å². The van der Waals surface area contributed by atoms with E-state index in [9.17, 15) is 8.78 Å². The van der Waals surface area contributed by atoms with E-state index in [2.05, 4.69) is 20.7 Å². The first-order valence-electron chi connectivity index (χ1n) is 10.7. The van der Waals surface area contributed by atoms with Crippen molar-refractivity contribution in [3.63, 3.8) is 0 Å². The zero-order valence-electron chi connectivity index (χ0n) is 18.9. The Balaban J connectivity index is 1.58. The smallest absolute Gasteiger partial charge is 0.262 e. The maximum Gasteiger partial charge on any atom is 0.262 e. The standard InChI is InChI=1S/C23H24F2N6O3/c1-32-14-8-7-13(18(9-14)34-3)11-26-22-28-19-15(5-4-6-17(19)33-2)21-29-20(30-31(21)22)16-10-23(24,25)12-27-16/h4-9,16,27H,10-12H2,1-3H3,(H,26,28)/t16-/m0/s1. The number of fused-ring (bicyclic) bond motifs is 3. The minimum Gasteiger partial charge on any atom is -0.497 e. The Bertz CT molecular complexity index is 1360. The molecular weight excluding hydrogens is 446 g/mol. The van der Waals surface area contributed by atoms with Crippen molar-refractivity contribution in [3.05, 3.63) is 47.8 Å². The average Bonchev–Trinajstić information content (AvgIpc) is 3.45. The van der Waals surface area contributed by atoms with E-state index in [1.165, 1.54) is 0 Å². The summed E-state index contributed by atoms with van der Waals surface area (Å²) >= 11 is 0. The van der Waals surface area contributed by atoms with Crippen LogP contribution in [0.15, 0.2) is 36.4 Å². The van der Waals surface area contributed by atoms with E-state index in [4.69, 9.17) is 19.2 Å². The number of para-hydroxylation sites is 1. The van der Waals surface area contributed by atoms with Gasteiger partial charge in [-0.1, -0.05) is 6.07 Å². The Morgan fingerprint density at radius 1 is 1.09 bits per heavy atom. The minimum atomic E-state index is -2.79. The van der Waals surface area contributed by atoms with E-state index in [0.717, 1.165) is 5.56 Å². The molecule has 9 nitrogen and oxygen atoms in total. The molecule has 2 N–H and O–H groups in total. The van der Waals surface area contributed by atoms with Crippen molar-refractivity contribution in [2.24, 2.45) is 0 Å². The van der Waals surface area contributed by atoms with Crippen LogP contribution in [0.1, 0.15) is 23.9 Å². The van der Waals surface area contributed by atoms with Gasteiger partial charge in [-0.15, -0.1) is 5.10 Å². The van der Waals surface area contributed by atoms with Crippen molar-refractivity contribution in [3.8, 4) is 17.2 Å². The number of benzene rings is 2. The zero-order valence-corrected chi connectivity index (χ0v) is 18.9. The van der Waals surface area contributed by atoms with Crippen molar-refractivity contribution < 1.29 is 23.0 Å². The monoisotopic (exact) mass is 470 g/mol. The van der Waals surface area contributed by atoms with Gasteiger partial charge in [0.15, 0.2) is 11.5 Å². The highest BCUT2D eigenvalue weighted by Crippen LogP contribution is 2.35. The van der Waals surface area contributed by atoms with Gasteiger partial charge in [-0.2, -0.15) is 4.52 Å². The molecule has 0 radical (unpaired) electrons. The Morgan fingerprint density at radius 2 is 1.91 bits per heavy atom. The molecule has 3 heterocycles. The predicted molar refractivity (Wildman–Crippen MR) is 122 cm³/mol. The van der Waals surface area contributed by atoms with Gasteiger partial charge in [0, 0.05) is 30.0 Å². The summed E-state index contributed by atoms with van der Waals surface area (Å²) in [4.78, 5) is 9.35. The quantitative estimate of drug-likeness (QED) is 0.423. The second-order valence-electron chi connectivity index (χ2n) is 8.02. The van der Waals surface area contributed by atoms with Gasteiger partial charge >= 0.3 is 0 Å². The largest absolute Gasteiger partial charge is 0.497 e. The summed E-state index contributed by atoms with van der Waals surface area (Å²) in [6.07, 6.45) is -0.357. The van der Waals surface area contributed by atoms with Gasteiger partial charge in [0.2, 0.25) is 5.95 Å². The summed E-state index contributed by atoms with van der Waals surface area (Å²) in [5.74, 6) is -0.207. The van der Waals surface area contributed by atoms with Gasteiger partial charge < -0.3 is 24.8 Å². The number of halogens is 2. The number of rotatable bonds is 7. The summed E-state index contributed by atoms with van der Waals surface area (Å²) < 4.78 is 45.4. The summed E-state index contributed by atoms with van der Waals surface area (Å²) in [6, 6.07) is 10.4. The van der Waals surface area contributed by atoms with Crippen LogP contribution >= 0.6 is 0 Å². The van der Waals surface area contributed by atoms with Crippen LogP contribution in [0.5, 0.6) is 17.2 Å². The summed E-state index contributed by atoms with van der Waals surface area (Å²) in [5.41, 5.74) is 1.96. The number of hydrogen-bond acceptors (Lipinski definition) is 8. The first-order valence-corrected chi connectivity index (χ1v) is 10.7. The molecular formula is C23H24F2N6O3. The average molecular weight is 470 g/mol. The SMILES string of the molecule is COc1ccc(CNc2nc3c(OC)cccc3c3nc([C@@H]4CC(F)(F)CN4)nn23)c(OC)c1.